The second kappa shape index (κ2) is 8.01. The van der Waals surface area contributed by atoms with Crippen LogP contribution in [0.2, 0.25) is 10.0 Å². The summed E-state index contributed by atoms with van der Waals surface area (Å²) in [7, 11) is 0. The van der Waals surface area contributed by atoms with Crippen LogP contribution in [0.25, 0.3) is 10.9 Å². The Balaban J connectivity index is 0.00000182. The van der Waals surface area contributed by atoms with Gasteiger partial charge in [0.1, 0.15) is 0 Å². The number of H-pyrrole nitrogens is 1. The highest BCUT2D eigenvalue weighted by molar-refractivity contribution is 6.36. The summed E-state index contributed by atoms with van der Waals surface area (Å²) in [5, 5.41) is 2.89. The molecule has 1 aromatic heterocycles. The van der Waals surface area contributed by atoms with Crippen molar-refractivity contribution in [2.45, 2.75) is 25.3 Å². The van der Waals surface area contributed by atoms with Crippen LogP contribution in [0, 0.1) is 0 Å². The Morgan fingerprint density at radius 2 is 1.64 bits per heavy atom. The zero-order chi connectivity index (χ0) is 16.5. The van der Waals surface area contributed by atoms with Gasteiger partial charge in [0.2, 0.25) is 0 Å². The number of nitrogens with zero attached hydrogens (tertiary/aromatic N) is 1. The molecular formula is C20H21Cl3N2. The van der Waals surface area contributed by atoms with Crippen LogP contribution >= 0.6 is 35.6 Å². The van der Waals surface area contributed by atoms with Crippen LogP contribution < -0.4 is 0 Å². The molecule has 2 nitrogen and oxygen atoms in total. The van der Waals surface area contributed by atoms with Crippen LogP contribution in [-0.2, 0) is 6.54 Å². The molecule has 0 bridgehead atoms. The summed E-state index contributed by atoms with van der Waals surface area (Å²) < 4.78 is 0. The Labute approximate surface area is 164 Å². The van der Waals surface area contributed by atoms with E-state index >= 15 is 0 Å². The molecule has 5 heteroatoms. The standard InChI is InChI=1S/C20H20Cl2N2.ClH/c21-17-5-3-6-18(22)20(17)14-8-10-24(11-9-14)13-16-12-15-4-1-2-7-19(15)23-16;/h1-7,12,14,23H,8-11,13H2;1H. The number of halogens is 3. The van der Waals surface area contributed by atoms with Gasteiger partial charge >= 0.3 is 0 Å². The summed E-state index contributed by atoms with van der Waals surface area (Å²) in [5.41, 5.74) is 3.63. The molecule has 0 saturated carbocycles. The summed E-state index contributed by atoms with van der Waals surface area (Å²) in [5.74, 6) is 0.463. The van der Waals surface area contributed by atoms with Crippen LogP contribution in [0.15, 0.2) is 48.5 Å². The number of para-hydroxylation sites is 1. The lowest BCUT2D eigenvalue weighted by atomic mass is 9.89. The fraction of sp³-hybridized carbons (Fsp3) is 0.300. The lowest BCUT2D eigenvalue weighted by Crippen LogP contribution is -2.32. The molecular weight excluding hydrogens is 375 g/mol. The number of aromatic nitrogens is 1. The Kier molecular flexibility index (Phi) is 5.96. The highest BCUT2D eigenvalue weighted by Crippen LogP contribution is 2.37. The van der Waals surface area contributed by atoms with Crippen molar-refractivity contribution in [1.82, 2.24) is 9.88 Å². The Bertz CT molecular complexity index is 798. The van der Waals surface area contributed by atoms with Crippen molar-refractivity contribution < 1.29 is 0 Å². The molecule has 0 unspecified atom stereocenters. The first-order chi connectivity index (χ1) is 11.7. The van der Waals surface area contributed by atoms with Crippen molar-refractivity contribution in [2.75, 3.05) is 13.1 Å². The van der Waals surface area contributed by atoms with Gasteiger partial charge in [0.25, 0.3) is 0 Å². The molecule has 4 rings (SSSR count). The Hall–Kier alpha value is -1.19. The minimum atomic E-state index is 0. The lowest BCUT2D eigenvalue weighted by Gasteiger charge is -2.32. The normalized spacial score (nSPS) is 16.1. The maximum Gasteiger partial charge on any atom is 0.0456 e. The number of aromatic amines is 1. The zero-order valence-electron chi connectivity index (χ0n) is 13.8. The molecule has 1 N–H and O–H groups in total. The molecule has 1 fully saturated rings. The van der Waals surface area contributed by atoms with Crippen LogP contribution in [0.4, 0.5) is 0 Å². The molecule has 0 radical (unpaired) electrons. The number of hydrogen-bond acceptors (Lipinski definition) is 1. The Morgan fingerprint density at radius 3 is 2.32 bits per heavy atom. The average Bonchev–Trinajstić information content (AvgIpc) is 2.98. The molecule has 2 aromatic carbocycles. The van der Waals surface area contributed by atoms with E-state index in [0.717, 1.165) is 48.1 Å². The SMILES string of the molecule is Cl.Clc1cccc(Cl)c1C1CCN(Cc2cc3ccccc3[nH]2)CC1. The quantitative estimate of drug-likeness (QED) is 0.553. The molecule has 0 atom stereocenters. The van der Waals surface area contributed by atoms with Crippen LogP contribution in [0.5, 0.6) is 0 Å². The van der Waals surface area contributed by atoms with E-state index in [2.05, 4.69) is 40.2 Å². The van der Waals surface area contributed by atoms with Gasteiger partial charge in [0.05, 0.1) is 0 Å². The van der Waals surface area contributed by atoms with E-state index in [0.29, 0.717) is 5.92 Å². The fourth-order valence-corrected chi connectivity index (χ4v) is 4.45. The summed E-state index contributed by atoms with van der Waals surface area (Å²) >= 11 is 12.7. The first-order valence-corrected chi connectivity index (χ1v) is 9.19. The van der Waals surface area contributed by atoms with Gasteiger partial charge in [-0.2, -0.15) is 0 Å². The van der Waals surface area contributed by atoms with E-state index in [1.54, 1.807) is 0 Å². The monoisotopic (exact) mass is 394 g/mol. The van der Waals surface area contributed by atoms with Gasteiger partial charge < -0.3 is 4.98 Å². The van der Waals surface area contributed by atoms with Gasteiger partial charge in [-0.25, -0.2) is 0 Å². The van der Waals surface area contributed by atoms with E-state index in [9.17, 15) is 0 Å². The largest absolute Gasteiger partial charge is 0.357 e. The lowest BCUT2D eigenvalue weighted by molar-refractivity contribution is 0.203. The van der Waals surface area contributed by atoms with Crippen LogP contribution in [0.3, 0.4) is 0 Å². The number of likely N-dealkylation sites (tertiary alicyclic amines) is 1. The first-order valence-electron chi connectivity index (χ1n) is 8.43. The van der Waals surface area contributed by atoms with Crippen molar-refractivity contribution in [2.24, 2.45) is 0 Å². The van der Waals surface area contributed by atoms with E-state index in [1.807, 2.05) is 18.2 Å². The Morgan fingerprint density at radius 1 is 0.960 bits per heavy atom. The van der Waals surface area contributed by atoms with E-state index in [4.69, 9.17) is 23.2 Å². The second-order valence-corrected chi connectivity index (χ2v) is 7.38. The maximum absolute atomic E-state index is 6.37. The highest BCUT2D eigenvalue weighted by Gasteiger charge is 2.24. The van der Waals surface area contributed by atoms with Gasteiger partial charge in [0.15, 0.2) is 0 Å². The molecule has 132 valence electrons. The number of rotatable bonds is 3. The van der Waals surface area contributed by atoms with Crippen molar-refractivity contribution >= 4 is 46.5 Å². The third-order valence-corrected chi connectivity index (χ3v) is 5.63. The number of hydrogen-bond donors (Lipinski definition) is 1. The van der Waals surface area contributed by atoms with Gasteiger partial charge in [-0.05, 0) is 67.1 Å². The topological polar surface area (TPSA) is 19.0 Å². The second-order valence-electron chi connectivity index (χ2n) is 6.57. The minimum absolute atomic E-state index is 0. The van der Waals surface area contributed by atoms with Crippen LogP contribution in [0.1, 0.15) is 30.0 Å². The first kappa shape index (κ1) is 18.6. The summed E-state index contributed by atoms with van der Waals surface area (Å²) in [4.78, 5) is 6.03. The zero-order valence-corrected chi connectivity index (χ0v) is 16.2. The molecule has 0 spiro atoms. The number of benzene rings is 2. The third-order valence-electron chi connectivity index (χ3n) is 4.98. The fourth-order valence-electron chi connectivity index (χ4n) is 3.74. The van der Waals surface area contributed by atoms with E-state index in [-0.39, 0.29) is 12.4 Å². The molecule has 1 saturated heterocycles. The van der Waals surface area contributed by atoms with Crippen molar-refractivity contribution in [3.63, 3.8) is 0 Å². The molecule has 25 heavy (non-hydrogen) atoms. The predicted octanol–water partition coefficient (Wildman–Crippen LogP) is 6.28. The maximum atomic E-state index is 6.37. The smallest absolute Gasteiger partial charge is 0.0456 e. The minimum Gasteiger partial charge on any atom is -0.357 e. The molecule has 0 aliphatic carbocycles. The van der Waals surface area contributed by atoms with Crippen molar-refractivity contribution in [1.29, 1.82) is 0 Å². The van der Waals surface area contributed by atoms with Gasteiger partial charge in [-0.15, -0.1) is 12.4 Å². The summed E-state index contributed by atoms with van der Waals surface area (Å²) in [6.45, 7) is 3.11. The molecule has 1 aliphatic rings. The predicted molar refractivity (Wildman–Crippen MR) is 109 cm³/mol. The van der Waals surface area contributed by atoms with Gasteiger partial charge in [-0.3, -0.25) is 4.90 Å². The average molecular weight is 396 g/mol. The summed E-state index contributed by atoms with van der Waals surface area (Å²) in [6, 6.07) is 16.5. The summed E-state index contributed by atoms with van der Waals surface area (Å²) in [6.07, 6.45) is 2.20. The molecule has 0 amide bonds. The van der Waals surface area contributed by atoms with E-state index in [1.165, 1.54) is 16.6 Å². The molecule has 2 heterocycles. The van der Waals surface area contributed by atoms with Crippen molar-refractivity contribution in [3.05, 3.63) is 69.8 Å². The molecule has 3 aromatic rings. The molecule has 1 aliphatic heterocycles. The van der Waals surface area contributed by atoms with Gasteiger partial charge in [0, 0.05) is 27.8 Å². The van der Waals surface area contributed by atoms with Crippen LogP contribution in [-0.4, -0.2) is 23.0 Å². The third kappa shape index (κ3) is 3.98. The van der Waals surface area contributed by atoms with E-state index < -0.39 is 0 Å². The van der Waals surface area contributed by atoms with Crippen molar-refractivity contribution in [3.8, 4) is 0 Å². The highest BCUT2D eigenvalue weighted by atomic mass is 35.5. The van der Waals surface area contributed by atoms with Gasteiger partial charge in [-0.1, -0.05) is 47.5 Å². The number of fused-ring (bicyclic) bond motifs is 1. The number of piperidine rings is 1. The number of nitrogens with one attached hydrogen (secondary N) is 1.